The van der Waals surface area contributed by atoms with Crippen molar-refractivity contribution in [1.29, 1.82) is 0 Å². The molecule has 2 rings (SSSR count). The summed E-state index contributed by atoms with van der Waals surface area (Å²) >= 11 is 1.50. The molecule has 7 nitrogen and oxygen atoms in total. The van der Waals surface area contributed by atoms with Crippen molar-refractivity contribution in [2.75, 3.05) is 52.2 Å². The standard InChI is InChI=1S/C18H26N2O5S/c1-3-24-14-4-6-16(7-5-14)26-13-17(21)20-8-9-25-15(11-20)10-19(2)12-18(22)23/h4-7,15H,3,8-13H2,1-2H3,(H,22,23). The van der Waals surface area contributed by atoms with Gasteiger partial charge in [0.05, 0.1) is 31.6 Å². The van der Waals surface area contributed by atoms with Crippen molar-refractivity contribution in [3.8, 4) is 5.75 Å². The number of benzene rings is 1. The average Bonchev–Trinajstić information content (AvgIpc) is 2.60. The summed E-state index contributed by atoms with van der Waals surface area (Å²) in [5.41, 5.74) is 0. The number of carboxylic acids is 1. The molecule has 1 heterocycles. The van der Waals surface area contributed by atoms with Crippen molar-refractivity contribution < 1.29 is 24.2 Å². The van der Waals surface area contributed by atoms with Crippen LogP contribution in [0.1, 0.15) is 6.92 Å². The number of nitrogens with zero attached hydrogens (tertiary/aromatic N) is 2. The molecule has 1 N–H and O–H groups in total. The van der Waals surface area contributed by atoms with Crippen LogP contribution in [-0.4, -0.2) is 85.1 Å². The fraction of sp³-hybridized carbons (Fsp3) is 0.556. The summed E-state index contributed by atoms with van der Waals surface area (Å²) < 4.78 is 11.1. The first kappa shape index (κ1) is 20.5. The van der Waals surface area contributed by atoms with Crippen molar-refractivity contribution in [2.45, 2.75) is 17.9 Å². The summed E-state index contributed by atoms with van der Waals surface area (Å²) in [5.74, 6) is 0.386. The Morgan fingerprint density at radius 3 is 2.77 bits per heavy atom. The number of carboxylic acid groups (broad SMARTS) is 1. The normalized spacial score (nSPS) is 17.3. The second-order valence-corrected chi connectivity index (χ2v) is 7.16. The lowest BCUT2D eigenvalue weighted by Gasteiger charge is -2.34. The first-order valence-electron chi connectivity index (χ1n) is 8.63. The maximum absolute atomic E-state index is 12.5. The van der Waals surface area contributed by atoms with Gasteiger partial charge in [-0.05, 0) is 38.2 Å². The summed E-state index contributed by atoms with van der Waals surface area (Å²) in [7, 11) is 1.74. The highest BCUT2D eigenvalue weighted by Crippen LogP contribution is 2.22. The highest BCUT2D eigenvalue weighted by Gasteiger charge is 2.25. The van der Waals surface area contributed by atoms with E-state index in [0.717, 1.165) is 10.6 Å². The molecular formula is C18H26N2O5S. The smallest absolute Gasteiger partial charge is 0.317 e. The molecule has 0 radical (unpaired) electrons. The number of rotatable bonds is 9. The monoisotopic (exact) mass is 382 g/mol. The lowest BCUT2D eigenvalue weighted by Crippen LogP contribution is -2.50. The zero-order valence-electron chi connectivity index (χ0n) is 15.2. The Bertz CT molecular complexity index is 596. The fourth-order valence-corrected chi connectivity index (χ4v) is 3.54. The molecule has 1 aliphatic heterocycles. The van der Waals surface area contributed by atoms with Crippen molar-refractivity contribution in [3.63, 3.8) is 0 Å². The summed E-state index contributed by atoms with van der Waals surface area (Å²) in [5, 5.41) is 8.82. The van der Waals surface area contributed by atoms with Crippen LogP contribution in [0.15, 0.2) is 29.2 Å². The van der Waals surface area contributed by atoms with Crippen LogP contribution in [0.5, 0.6) is 5.75 Å². The topological polar surface area (TPSA) is 79.3 Å². The van der Waals surface area contributed by atoms with E-state index in [2.05, 4.69) is 0 Å². The van der Waals surface area contributed by atoms with E-state index >= 15 is 0 Å². The predicted molar refractivity (Wildman–Crippen MR) is 99.8 cm³/mol. The Kier molecular flexibility index (Phi) is 8.21. The molecule has 0 saturated carbocycles. The summed E-state index contributed by atoms with van der Waals surface area (Å²) in [6.07, 6.45) is -0.160. The lowest BCUT2D eigenvalue weighted by molar-refractivity contribution is -0.141. The maximum atomic E-state index is 12.5. The van der Waals surface area contributed by atoms with Gasteiger partial charge in [-0.1, -0.05) is 0 Å². The van der Waals surface area contributed by atoms with E-state index in [1.165, 1.54) is 11.8 Å². The van der Waals surface area contributed by atoms with Crippen LogP contribution in [0.3, 0.4) is 0 Å². The third kappa shape index (κ3) is 6.86. The molecule has 0 bridgehead atoms. The second-order valence-electron chi connectivity index (χ2n) is 6.12. The first-order valence-corrected chi connectivity index (χ1v) is 9.62. The van der Waals surface area contributed by atoms with Crippen molar-refractivity contribution in [2.24, 2.45) is 0 Å². The summed E-state index contributed by atoms with van der Waals surface area (Å²) in [6, 6.07) is 7.70. The van der Waals surface area contributed by atoms with Crippen LogP contribution in [0.2, 0.25) is 0 Å². The number of hydrogen-bond acceptors (Lipinski definition) is 6. The van der Waals surface area contributed by atoms with Crippen LogP contribution in [-0.2, 0) is 14.3 Å². The third-order valence-electron chi connectivity index (χ3n) is 3.91. The van der Waals surface area contributed by atoms with E-state index < -0.39 is 5.97 Å². The lowest BCUT2D eigenvalue weighted by atomic mass is 10.2. The molecule has 1 saturated heterocycles. The molecule has 1 aromatic carbocycles. The molecule has 1 aromatic rings. The van der Waals surface area contributed by atoms with Crippen LogP contribution >= 0.6 is 11.8 Å². The van der Waals surface area contributed by atoms with Gasteiger partial charge >= 0.3 is 5.97 Å². The number of aliphatic carboxylic acids is 1. The zero-order chi connectivity index (χ0) is 18.9. The Balaban J connectivity index is 1.78. The second kappa shape index (κ2) is 10.4. The molecule has 1 aliphatic rings. The van der Waals surface area contributed by atoms with Gasteiger partial charge in [0.15, 0.2) is 0 Å². The third-order valence-corrected chi connectivity index (χ3v) is 4.91. The van der Waals surface area contributed by atoms with Crippen LogP contribution in [0.4, 0.5) is 0 Å². The Morgan fingerprint density at radius 2 is 2.12 bits per heavy atom. The molecular weight excluding hydrogens is 356 g/mol. The van der Waals surface area contributed by atoms with E-state index in [1.54, 1.807) is 16.8 Å². The van der Waals surface area contributed by atoms with E-state index in [-0.39, 0.29) is 18.6 Å². The average molecular weight is 382 g/mol. The largest absolute Gasteiger partial charge is 0.494 e. The highest BCUT2D eigenvalue weighted by atomic mass is 32.2. The molecule has 8 heteroatoms. The maximum Gasteiger partial charge on any atom is 0.317 e. The van der Waals surface area contributed by atoms with E-state index in [9.17, 15) is 9.59 Å². The van der Waals surface area contributed by atoms with Gasteiger partial charge in [0.25, 0.3) is 0 Å². The highest BCUT2D eigenvalue weighted by molar-refractivity contribution is 8.00. The van der Waals surface area contributed by atoms with Crippen LogP contribution < -0.4 is 4.74 Å². The molecule has 1 fully saturated rings. The van der Waals surface area contributed by atoms with Crippen LogP contribution in [0, 0.1) is 0 Å². The molecule has 0 spiro atoms. The number of carbonyl (C=O) groups excluding carboxylic acids is 1. The number of hydrogen-bond donors (Lipinski definition) is 1. The van der Waals surface area contributed by atoms with Crippen LogP contribution in [0.25, 0.3) is 0 Å². The predicted octanol–water partition coefficient (Wildman–Crippen LogP) is 1.42. The van der Waals surface area contributed by atoms with Gasteiger partial charge in [-0.25, -0.2) is 0 Å². The summed E-state index contributed by atoms with van der Waals surface area (Å²) in [4.78, 5) is 27.7. The van der Waals surface area contributed by atoms with Crippen molar-refractivity contribution >= 4 is 23.6 Å². The minimum atomic E-state index is -0.872. The number of morpholine rings is 1. The van der Waals surface area contributed by atoms with Gasteiger partial charge in [-0.2, -0.15) is 0 Å². The Labute approximate surface area is 158 Å². The number of amides is 1. The minimum absolute atomic E-state index is 0.0403. The number of thioether (sulfide) groups is 1. The van der Waals surface area contributed by atoms with Gasteiger partial charge in [0, 0.05) is 24.5 Å². The molecule has 1 amide bonds. The molecule has 26 heavy (non-hydrogen) atoms. The Hall–Kier alpha value is -1.77. The van der Waals surface area contributed by atoms with Gasteiger partial charge in [-0.3, -0.25) is 14.5 Å². The van der Waals surface area contributed by atoms with E-state index in [1.807, 2.05) is 31.2 Å². The number of ether oxygens (including phenoxy) is 2. The van der Waals surface area contributed by atoms with Gasteiger partial charge in [-0.15, -0.1) is 11.8 Å². The van der Waals surface area contributed by atoms with Gasteiger partial charge < -0.3 is 19.5 Å². The first-order chi connectivity index (χ1) is 12.5. The van der Waals surface area contributed by atoms with E-state index in [0.29, 0.717) is 38.6 Å². The molecule has 0 aromatic heterocycles. The van der Waals surface area contributed by atoms with Gasteiger partial charge in [0.2, 0.25) is 5.91 Å². The number of carbonyl (C=O) groups is 2. The minimum Gasteiger partial charge on any atom is -0.494 e. The molecule has 1 unspecified atom stereocenters. The SMILES string of the molecule is CCOc1ccc(SCC(=O)N2CCOC(CN(C)CC(=O)O)C2)cc1. The molecule has 1 atom stereocenters. The zero-order valence-corrected chi connectivity index (χ0v) is 16.0. The van der Waals surface area contributed by atoms with Crippen molar-refractivity contribution in [1.82, 2.24) is 9.80 Å². The fourth-order valence-electron chi connectivity index (χ4n) is 2.73. The molecule has 0 aliphatic carbocycles. The number of likely N-dealkylation sites (N-methyl/N-ethyl adjacent to an activating group) is 1. The summed E-state index contributed by atoms with van der Waals surface area (Å²) in [6.45, 7) is 4.56. The van der Waals surface area contributed by atoms with E-state index in [4.69, 9.17) is 14.6 Å². The molecule has 144 valence electrons. The van der Waals surface area contributed by atoms with Crippen molar-refractivity contribution in [3.05, 3.63) is 24.3 Å². The Morgan fingerprint density at radius 1 is 1.38 bits per heavy atom. The van der Waals surface area contributed by atoms with Gasteiger partial charge in [0.1, 0.15) is 5.75 Å². The quantitative estimate of drug-likeness (QED) is 0.647.